The fourth-order valence-corrected chi connectivity index (χ4v) is 1.69. The zero-order valence-electron chi connectivity index (χ0n) is 10.4. The first-order valence-electron chi connectivity index (χ1n) is 5.90. The summed E-state index contributed by atoms with van der Waals surface area (Å²) in [6.45, 7) is 3.78. The van der Waals surface area contributed by atoms with E-state index in [1.54, 1.807) is 24.3 Å². The van der Waals surface area contributed by atoms with Crippen molar-refractivity contribution in [3.63, 3.8) is 0 Å². The van der Waals surface area contributed by atoms with Crippen LogP contribution in [0.2, 0.25) is 0 Å². The number of piperazine rings is 1. The lowest BCUT2D eigenvalue weighted by Gasteiger charge is -2.29. The van der Waals surface area contributed by atoms with Crippen molar-refractivity contribution in [3.05, 3.63) is 29.8 Å². The van der Waals surface area contributed by atoms with Gasteiger partial charge in [0.05, 0.1) is 18.8 Å². The molecule has 1 amide bonds. The topological polar surface area (TPSA) is 74.3 Å². The highest BCUT2D eigenvalue weighted by Gasteiger charge is 2.11. The Hall–Kier alpha value is -1.95. The van der Waals surface area contributed by atoms with Crippen molar-refractivity contribution in [1.29, 1.82) is 0 Å². The van der Waals surface area contributed by atoms with Crippen molar-refractivity contribution < 1.29 is 4.79 Å². The van der Waals surface area contributed by atoms with Crippen LogP contribution in [0.4, 0.5) is 5.69 Å². The SMILES string of the molecule is CN1CCN(N=Nc2ccc(C(N)=O)cc2)CC1. The first kappa shape index (κ1) is 12.5. The first-order valence-corrected chi connectivity index (χ1v) is 5.90. The predicted molar refractivity (Wildman–Crippen MR) is 68.5 cm³/mol. The molecule has 18 heavy (non-hydrogen) atoms. The van der Waals surface area contributed by atoms with E-state index in [0.717, 1.165) is 31.9 Å². The molecule has 0 spiro atoms. The van der Waals surface area contributed by atoms with E-state index in [1.165, 1.54) is 0 Å². The van der Waals surface area contributed by atoms with Crippen LogP contribution in [0.1, 0.15) is 10.4 Å². The third-order valence-electron chi connectivity index (χ3n) is 2.92. The van der Waals surface area contributed by atoms with Gasteiger partial charge in [0.2, 0.25) is 5.91 Å². The van der Waals surface area contributed by atoms with Crippen LogP contribution in [0, 0.1) is 0 Å². The molecule has 2 rings (SSSR count). The van der Waals surface area contributed by atoms with Crippen molar-refractivity contribution in [2.24, 2.45) is 16.1 Å². The number of nitrogens with two attached hydrogens (primary N) is 1. The Morgan fingerprint density at radius 1 is 1.17 bits per heavy atom. The Bertz CT molecular complexity index is 434. The van der Waals surface area contributed by atoms with Crippen LogP contribution < -0.4 is 5.73 Å². The molecular formula is C12H17N5O. The molecule has 0 saturated carbocycles. The minimum absolute atomic E-state index is 0.433. The minimum Gasteiger partial charge on any atom is -0.366 e. The summed E-state index contributed by atoms with van der Waals surface area (Å²) in [6, 6.07) is 6.78. The Morgan fingerprint density at radius 2 is 1.78 bits per heavy atom. The van der Waals surface area contributed by atoms with E-state index in [2.05, 4.69) is 22.3 Å². The maximum Gasteiger partial charge on any atom is 0.248 e. The lowest BCUT2D eigenvalue weighted by Crippen LogP contribution is -2.41. The summed E-state index contributed by atoms with van der Waals surface area (Å²) in [5.74, 6) is -0.433. The van der Waals surface area contributed by atoms with Gasteiger partial charge in [-0.2, -0.15) is 0 Å². The van der Waals surface area contributed by atoms with Crippen LogP contribution in [-0.2, 0) is 0 Å². The van der Waals surface area contributed by atoms with Crippen molar-refractivity contribution in [3.8, 4) is 0 Å². The number of hydrogen-bond acceptors (Lipinski definition) is 4. The number of carbonyl (C=O) groups is 1. The van der Waals surface area contributed by atoms with Crippen molar-refractivity contribution in [2.45, 2.75) is 0 Å². The highest BCUT2D eigenvalue weighted by molar-refractivity contribution is 5.92. The van der Waals surface area contributed by atoms with E-state index in [-0.39, 0.29) is 0 Å². The molecule has 1 heterocycles. The number of nitrogens with zero attached hydrogens (tertiary/aromatic N) is 4. The van der Waals surface area contributed by atoms with Gasteiger partial charge in [-0.25, -0.2) is 0 Å². The summed E-state index contributed by atoms with van der Waals surface area (Å²) < 4.78 is 0. The fourth-order valence-electron chi connectivity index (χ4n) is 1.69. The van der Waals surface area contributed by atoms with Crippen molar-refractivity contribution in [1.82, 2.24) is 9.91 Å². The summed E-state index contributed by atoms with van der Waals surface area (Å²) >= 11 is 0. The van der Waals surface area contributed by atoms with Gasteiger partial charge in [-0.05, 0) is 31.3 Å². The number of rotatable bonds is 3. The van der Waals surface area contributed by atoms with Gasteiger partial charge in [-0.3, -0.25) is 9.80 Å². The number of carbonyl (C=O) groups excluding carboxylic acids is 1. The summed E-state index contributed by atoms with van der Waals surface area (Å²) in [7, 11) is 2.09. The Labute approximate surface area is 106 Å². The van der Waals surface area contributed by atoms with E-state index in [9.17, 15) is 4.79 Å². The molecule has 96 valence electrons. The Kier molecular flexibility index (Phi) is 3.88. The normalized spacial score (nSPS) is 17.3. The van der Waals surface area contributed by atoms with Crippen LogP contribution >= 0.6 is 0 Å². The largest absolute Gasteiger partial charge is 0.366 e. The fraction of sp³-hybridized carbons (Fsp3) is 0.417. The molecule has 1 aromatic carbocycles. The van der Waals surface area contributed by atoms with Gasteiger partial charge in [0.15, 0.2) is 0 Å². The third-order valence-corrected chi connectivity index (χ3v) is 2.92. The highest BCUT2D eigenvalue weighted by Crippen LogP contribution is 2.14. The second kappa shape index (κ2) is 5.59. The van der Waals surface area contributed by atoms with E-state index in [4.69, 9.17) is 5.73 Å². The zero-order valence-corrected chi connectivity index (χ0v) is 10.4. The summed E-state index contributed by atoms with van der Waals surface area (Å²) in [4.78, 5) is 13.2. The molecule has 1 aliphatic rings. The standard InChI is InChI=1S/C12H17N5O/c1-16-6-8-17(9-7-16)15-14-11-4-2-10(3-5-11)12(13)18/h2-5H,6-9H2,1H3,(H2,13,18). The molecule has 0 bridgehead atoms. The quantitative estimate of drug-likeness (QED) is 0.811. The Morgan fingerprint density at radius 3 is 2.33 bits per heavy atom. The predicted octanol–water partition coefficient (Wildman–Crippen LogP) is 1.03. The summed E-state index contributed by atoms with van der Waals surface area (Å²) in [6.07, 6.45) is 0. The monoisotopic (exact) mass is 247 g/mol. The van der Waals surface area contributed by atoms with Crippen molar-refractivity contribution in [2.75, 3.05) is 33.2 Å². The molecular weight excluding hydrogens is 230 g/mol. The summed E-state index contributed by atoms with van der Waals surface area (Å²) in [5.41, 5.74) is 6.36. The van der Waals surface area contributed by atoms with E-state index >= 15 is 0 Å². The van der Waals surface area contributed by atoms with E-state index in [0.29, 0.717) is 5.56 Å². The van der Waals surface area contributed by atoms with Gasteiger partial charge in [0, 0.05) is 18.7 Å². The number of primary amides is 1. The van der Waals surface area contributed by atoms with Gasteiger partial charge in [-0.15, -0.1) is 5.11 Å². The van der Waals surface area contributed by atoms with Gasteiger partial charge in [0.25, 0.3) is 0 Å². The molecule has 0 radical (unpaired) electrons. The molecule has 1 fully saturated rings. The molecule has 0 atom stereocenters. The van der Waals surface area contributed by atoms with Gasteiger partial charge in [-0.1, -0.05) is 5.22 Å². The van der Waals surface area contributed by atoms with Crippen LogP contribution in [-0.4, -0.2) is 49.0 Å². The van der Waals surface area contributed by atoms with Crippen LogP contribution in [0.5, 0.6) is 0 Å². The van der Waals surface area contributed by atoms with Gasteiger partial charge < -0.3 is 10.6 Å². The smallest absolute Gasteiger partial charge is 0.248 e. The van der Waals surface area contributed by atoms with Crippen LogP contribution in [0.25, 0.3) is 0 Å². The lowest BCUT2D eigenvalue weighted by molar-refractivity contribution is 0.100. The number of amides is 1. The number of likely N-dealkylation sites (N-methyl/N-ethyl adjacent to an activating group) is 1. The highest BCUT2D eigenvalue weighted by atomic mass is 16.1. The maximum absolute atomic E-state index is 10.9. The Balaban J connectivity index is 1.94. The molecule has 0 aromatic heterocycles. The molecule has 1 aliphatic heterocycles. The second-order valence-electron chi connectivity index (χ2n) is 4.36. The number of hydrogen-bond donors (Lipinski definition) is 1. The van der Waals surface area contributed by atoms with Crippen LogP contribution in [0.3, 0.4) is 0 Å². The molecule has 1 aromatic rings. The second-order valence-corrected chi connectivity index (χ2v) is 4.36. The summed E-state index contributed by atoms with van der Waals surface area (Å²) in [5, 5.41) is 10.3. The first-order chi connectivity index (χ1) is 8.65. The van der Waals surface area contributed by atoms with E-state index < -0.39 is 5.91 Å². The van der Waals surface area contributed by atoms with Crippen molar-refractivity contribution >= 4 is 11.6 Å². The van der Waals surface area contributed by atoms with Gasteiger partial charge in [0.1, 0.15) is 0 Å². The van der Waals surface area contributed by atoms with Crippen LogP contribution in [0.15, 0.2) is 34.6 Å². The third kappa shape index (κ3) is 3.27. The average Bonchev–Trinajstić information content (AvgIpc) is 2.38. The molecule has 1 saturated heterocycles. The lowest BCUT2D eigenvalue weighted by atomic mass is 10.2. The maximum atomic E-state index is 10.9. The molecule has 0 aliphatic carbocycles. The number of benzene rings is 1. The van der Waals surface area contributed by atoms with E-state index in [1.807, 2.05) is 5.01 Å². The average molecular weight is 247 g/mol. The molecule has 6 nitrogen and oxygen atoms in total. The molecule has 2 N–H and O–H groups in total. The molecule has 6 heteroatoms. The minimum atomic E-state index is -0.433. The van der Waals surface area contributed by atoms with Gasteiger partial charge >= 0.3 is 0 Å². The molecule has 0 unspecified atom stereocenters. The zero-order chi connectivity index (χ0) is 13.0.